The molecular weight excluding hydrogens is 432 g/mol. The molecule has 2 fully saturated rings. The number of hydrogen-bond donors (Lipinski definition) is 0. The molecule has 0 aromatic heterocycles. The normalized spacial score (nSPS) is 18.5. The van der Waals surface area contributed by atoms with Crippen LogP contribution in [0.3, 0.4) is 0 Å². The standard InChI is InChI=1S/C22H20F4N2O2S/c23-18-6-2-4-16(14-18)20(30)28-11-12-31-21(28)7-9-27(10-8-21)19(29)15-3-1-5-17(13-15)22(24,25)26/h1-6,13-14H,7-12H2. The highest BCUT2D eigenvalue weighted by atomic mass is 32.2. The minimum absolute atomic E-state index is 0.00227. The van der Waals surface area contributed by atoms with Crippen LogP contribution < -0.4 is 0 Å². The number of carbonyl (C=O) groups excluding carboxylic acids is 2. The first-order valence-corrected chi connectivity index (χ1v) is 10.9. The molecule has 2 aromatic carbocycles. The number of alkyl halides is 3. The number of halogens is 4. The molecule has 1 spiro atoms. The Morgan fingerprint density at radius 1 is 0.903 bits per heavy atom. The highest BCUT2D eigenvalue weighted by molar-refractivity contribution is 8.00. The molecule has 0 unspecified atom stereocenters. The monoisotopic (exact) mass is 452 g/mol. The predicted octanol–water partition coefficient (Wildman–Crippen LogP) is 4.67. The van der Waals surface area contributed by atoms with Crippen molar-refractivity contribution in [3.63, 3.8) is 0 Å². The average molecular weight is 452 g/mol. The maximum absolute atomic E-state index is 13.6. The van der Waals surface area contributed by atoms with Gasteiger partial charge < -0.3 is 9.80 Å². The van der Waals surface area contributed by atoms with E-state index in [-0.39, 0.29) is 17.0 Å². The third-order valence-corrected chi connectivity index (χ3v) is 7.32. The fourth-order valence-electron chi connectivity index (χ4n) is 4.16. The lowest BCUT2D eigenvalue weighted by Crippen LogP contribution is -2.53. The van der Waals surface area contributed by atoms with Gasteiger partial charge in [-0.15, -0.1) is 11.8 Å². The lowest BCUT2D eigenvalue weighted by molar-refractivity contribution is -0.137. The SMILES string of the molecule is O=C(c1cccc(C(F)(F)F)c1)N1CCC2(CC1)SCCN2C(=O)c1cccc(F)c1. The Bertz CT molecular complexity index is 1000. The minimum Gasteiger partial charge on any atom is -0.338 e. The van der Waals surface area contributed by atoms with Gasteiger partial charge in [-0.2, -0.15) is 13.2 Å². The van der Waals surface area contributed by atoms with Crippen molar-refractivity contribution in [2.24, 2.45) is 0 Å². The van der Waals surface area contributed by atoms with E-state index in [1.54, 1.807) is 22.7 Å². The van der Waals surface area contributed by atoms with Gasteiger partial charge in [-0.05, 0) is 49.2 Å². The first-order valence-electron chi connectivity index (χ1n) is 9.88. The number of rotatable bonds is 2. The Labute approximate surface area is 181 Å². The largest absolute Gasteiger partial charge is 0.416 e. The van der Waals surface area contributed by atoms with Crippen molar-refractivity contribution in [2.75, 3.05) is 25.4 Å². The molecule has 4 nitrogen and oxygen atoms in total. The molecule has 0 saturated carbocycles. The molecule has 2 aromatic rings. The van der Waals surface area contributed by atoms with Gasteiger partial charge in [0.2, 0.25) is 0 Å². The van der Waals surface area contributed by atoms with Crippen molar-refractivity contribution < 1.29 is 27.2 Å². The van der Waals surface area contributed by atoms with Gasteiger partial charge in [0, 0.05) is 36.5 Å². The Morgan fingerprint density at radius 2 is 1.55 bits per heavy atom. The molecular formula is C22H20F4N2O2S. The average Bonchev–Trinajstić information content (AvgIpc) is 3.15. The van der Waals surface area contributed by atoms with Crippen LogP contribution in [0.25, 0.3) is 0 Å². The molecule has 2 saturated heterocycles. The highest BCUT2D eigenvalue weighted by Crippen LogP contribution is 2.44. The zero-order valence-electron chi connectivity index (χ0n) is 16.5. The molecule has 2 amide bonds. The first-order chi connectivity index (χ1) is 14.7. The Morgan fingerprint density at radius 3 is 2.19 bits per heavy atom. The highest BCUT2D eigenvalue weighted by Gasteiger charge is 2.47. The van der Waals surface area contributed by atoms with E-state index in [0.29, 0.717) is 32.5 Å². The van der Waals surface area contributed by atoms with Gasteiger partial charge in [-0.25, -0.2) is 4.39 Å². The maximum atomic E-state index is 13.6. The summed E-state index contributed by atoms with van der Waals surface area (Å²) in [5.74, 6) is -0.440. The molecule has 2 heterocycles. The molecule has 9 heteroatoms. The van der Waals surface area contributed by atoms with Gasteiger partial charge in [0.15, 0.2) is 0 Å². The summed E-state index contributed by atoms with van der Waals surface area (Å²) in [6, 6.07) is 9.99. The van der Waals surface area contributed by atoms with Crippen molar-refractivity contribution in [1.29, 1.82) is 0 Å². The van der Waals surface area contributed by atoms with Crippen LogP contribution in [0, 0.1) is 5.82 Å². The van der Waals surface area contributed by atoms with Crippen LogP contribution in [-0.2, 0) is 6.18 Å². The molecule has 2 aliphatic rings. The smallest absolute Gasteiger partial charge is 0.338 e. The molecule has 0 bridgehead atoms. The molecule has 0 atom stereocenters. The summed E-state index contributed by atoms with van der Waals surface area (Å²) in [5.41, 5.74) is -0.577. The number of benzene rings is 2. The van der Waals surface area contributed by atoms with Crippen LogP contribution in [0.15, 0.2) is 48.5 Å². The van der Waals surface area contributed by atoms with E-state index in [4.69, 9.17) is 0 Å². The van der Waals surface area contributed by atoms with Gasteiger partial charge in [0.25, 0.3) is 11.8 Å². The second kappa shape index (κ2) is 8.18. The number of carbonyl (C=O) groups is 2. The molecule has 0 radical (unpaired) electrons. The van der Waals surface area contributed by atoms with Crippen LogP contribution in [0.5, 0.6) is 0 Å². The summed E-state index contributed by atoms with van der Waals surface area (Å²) < 4.78 is 52.5. The van der Waals surface area contributed by atoms with Gasteiger partial charge in [-0.1, -0.05) is 12.1 Å². The molecule has 164 valence electrons. The molecule has 0 N–H and O–H groups in total. The van der Waals surface area contributed by atoms with E-state index >= 15 is 0 Å². The van der Waals surface area contributed by atoms with Crippen molar-refractivity contribution in [1.82, 2.24) is 9.80 Å². The van der Waals surface area contributed by atoms with Crippen LogP contribution in [0.1, 0.15) is 39.1 Å². The fraction of sp³-hybridized carbons (Fsp3) is 0.364. The van der Waals surface area contributed by atoms with Crippen LogP contribution in [0.4, 0.5) is 17.6 Å². The lowest BCUT2D eigenvalue weighted by atomic mass is 9.99. The van der Waals surface area contributed by atoms with E-state index < -0.39 is 28.3 Å². The number of thioether (sulfide) groups is 1. The van der Waals surface area contributed by atoms with Crippen LogP contribution in [0.2, 0.25) is 0 Å². The zero-order valence-corrected chi connectivity index (χ0v) is 17.3. The van der Waals surface area contributed by atoms with E-state index in [1.165, 1.54) is 35.2 Å². The number of piperidine rings is 1. The zero-order chi connectivity index (χ0) is 22.2. The lowest BCUT2D eigenvalue weighted by Gasteiger charge is -2.44. The quantitative estimate of drug-likeness (QED) is 0.622. The summed E-state index contributed by atoms with van der Waals surface area (Å²) in [5, 5.41) is 0. The second-order valence-corrected chi connectivity index (χ2v) is 9.09. The Kier molecular flexibility index (Phi) is 5.72. The van der Waals surface area contributed by atoms with Crippen molar-refractivity contribution in [3.05, 3.63) is 71.0 Å². The molecule has 2 aliphatic heterocycles. The number of likely N-dealkylation sites (tertiary alicyclic amines) is 1. The molecule has 4 rings (SSSR count). The van der Waals surface area contributed by atoms with Crippen molar-refractivity contribution >= 4 is 23.6 Å². The van der Waals surface area contributed by atoms with Gasteiger partial charge >= 0.3 is 6.18 Å². The van der Waals surface area contributed by atoms with Gasteiger partial charge in [0.05, 0.1) is 10.4 Å². The topological polar surface area (TPSA) is 40.6 Å². The van der Waals surface area contributed by atoms with E-state index in [0.717, 1.165) is 17.9 Å². The summed E-state index contributed by atoms with van der Waals surface area (Å²) in [7, 11) is 0. The summed E-state index contributed by atoms with van der Waals surface area (Å²) in [6.45, 7) is 1.19. The maximum Gasteiger partial charge on any atom is 0.416 e. The molecule has 0 aliphatic carbocycles. The van der Waals surface area contributed by atoms with Crippen LogP contribution >= 0.6 is 11.8 Å². The summed E-state index contributed by atoms with van der Waals surface area (Å²) in [4.78, 5) is 28.6. The third-order valence-electron chi connectivity index (χ3n) is 5.76. The van der Waals surface area contributed by atoms with Crippen molar-refractivity contribution in [2.45, 2.75) is 23.9 Å². The Hall–Kier alpha value is -2.55. The number of amides is 2. The number of hydrogen-bond acceptors (Lipinski definition) is 3. The first kappa shape index (κ1) is 21.7. The van der Waals surface area contributed by atoms with Gasteiger partial charge in [0.1, 0.15) is 5.82 Å². The van der Waals surface area contributed by atoms with E-state index in [1.807, 2.05) is 0 Å². The van der Waals surface area contributed by atoms with Gasteiger partial charge in [-0.3, -0.25) is 9.59 Å². The number of nitrogens with zero attached hydrogens (tertiary/aromatic N) is 2. The minimum atomic E-state index is -4.51. The van der Waals surface area contributed by atoms with E-state index in [9.17, 15) is 27.2 Å². The Balaban J connectivity index is 1.47. The van der Waals surface area contributed by atoms with E-state index in [2.05, 4.69) is 0 Å². The van der Waals surface area contributed by atoms with Crippen molar-refractivity contribution in [3.8, 4) is 0 Å². The summed E-state index contributed by atoms with van der Waals surface area (Å²) >= 11 is 1.64. The summed E-state index contributed by atoms with van der Waals surface area (Å²) in [6.07, 6.45) is -3.51. The predicted molar refractivity (Wildman–Crippen MR) is 109 cm³/mol. The second-order valence-electron chi connectivity index (χ2n) is 7.63. The fourth-order valence-corrected chi connectivity index (χ4v) is 5.61. The van der Waals surface area contributed by atoms with Crippen LogP contribution in [-0.4, -0.2) is 51.9 Å². The third kappa shape index (κ3) is 4.28. The molecule has 31 heavy (non-hydrogen) atoms.